The smallest absolute Gasteiger partial charge is 0.267 e. The number of aromatic nitrogens is 1. The fourth-order valence-corrected chi connectivity index (χ4v) is 2.97. The van der Waals surface area contributed by atoms with Gasteiger partial charge in [0.05, 0.1) is 0 Å². The average Bonchev–Trinajstić information content (AvgIpc) is 3.13. The Labute approximate surface area is 128 Å². The lowest BCUT2D eigenvalue weighted by atomic mass is 10.0. The lowest BCUT2D eigenvalue weighted by Gasteiger charge is -2.07. The molecule has 1 amide bonds. The first-order valence-electron chi connectivity index (χ1n) is 7.37. The van der Waals surface area contributed by atoms with Crippen LogP contribution in [0.2, 0.25) is 5.02 Å². The van der Waals surface area contributed by atoms with Crippen molar-refractivity contribution in [3.8, 4) is 0 Å². The molecule has 1 aliphatic rings. The standard InChI is InChI=1S/C16H19ClN2O2/c17-13-4-1-5-14-12(13)9-15(19-14)16(20)18-7-2-3-11-6-8-21-10-11/h1,4-5,9,11,19H,2-3,6-8,10H2,(H,18,20)/t11-/m1/s1. The van der Waals surface area contributed by atoms with Crippen molar-refractivity contribution in [3.63, 3.8) is 0 Å². The monoisotopic (exact) mass is 306 g/mol. The van der Waals surface area contributed by atoms with Crippen LogP contribution in [0.15, 0.2) is 24.3 Å². The lowest BCUT2D eigenvalue weighted by Crippen LogP contribution is -2.25. The second-order valence-corrected chi connectivity index (χ2v) is 5.92. The second-order valence-electron chi connectivity index (χ2n) is 5.51. The Balaban J connectivity index is 1.53. The van der Waals surface area contributed by atoms with Gasteiger partial charge in [-0.05, 0) is 43.4 Å². The molecule has 1 aromatic carbocycles. The van der Waals surface area contributed by atoms with Gasteiger partial charge in [-0.2, -0.15) is 0 Å². The van der Waals surface area contributed by atoms with Crippen molar-refractivity contribution in [2.24, 2.45) is 5.92 Å². The van der Waals surface area contributed by atoms with Crippen LogP contribution in [0, 0.1) is 5.92 Å². The molecule has 1 atom stereocenters. The number of amides is 1. The van der Waals surface area contributed by atoms with Crippen LogP contribution in [0.1, 0.15) is 29.8 Å². The summed E-state index contributed by atoms with van der Waals surface area (Å²) in [5.74, 6) is 0.582. The minimum atomic E-state index is -0.0788. The van der Waals surface area contributed by atoms with Crippen LogP contribution in [0.25, 0.3) is 10.9 Å². The maximum atomic E-state index is 12.1. The lowest BCUT2D eigenvalue weighted by molar-refractivity contribution is 0.0948. The minimum Gasteiger partial charge on any atom is -0.381 e. The minimum absolute atomic E-state index is 0.0788. The van der Waals surface area contributed by atoms with Gasteiger partial charge in [-0.15, -0.1) is 0 Å². The van der Waals surface area contributed by atoms with E-state index < -0.39 is 0 Å². The number of H-pyrrole nitrogens is 1. The van der Waals surface area contributed by atoms with E-state index in [1.807, 2.05) is 18.2 Å². The maximum Gasteiger partial charge on any atom is 0.267 e. The summed E-state index contributed by atoms with van der Waals surface area (Å²) in [7, 11) is 0. The number of ether oxygens (including phenoxy) is 1. The van der Waals surface area contributed by atoms with Gasteiger partial charge in [0, 0.05) is 35.7 Å². The third-order valence-corrected chi connectivity index (χ3v) is 4.28. The van der Waals surface area contributed by atoms with Crippen LogP contribution in [0.3, 0.4) is 0 Å². The largest absolute Gasteiger partial charge is 0.381 e. The van der Waals surface area contributed by atoms with E-state index in [0.717, 1.165) is 43.4 Å². The molecule has 1 aliphatic heterocycles. The molecule has 3 rings (SSSR count). The number of nitrogens with one attached hydrogen (secondary N) is 2. The highest BCUT2D eigenvalue weighted by Gasteiger charge is 2.15. The van der Waals surface area contributed by atoms with Crippen molar-refractivity contribution in [1.82, 2.24) is 10.3 Å². The summed E-state index contributed by atoms with van der Waals surface area (Å²) in [5, 5.41) is 4.49. The van der Waals surface area contributed by atoms with Gasteiger partial charge < -0.3 is 15.0 Å². The molecule has 1 fully saturated rings. The number of fused-ring (bicyclic) bond motifs is 1. The number of hydrogen-bond acceptors (Lipinski definition) is 2. The molecule has 4 nitrogen and oxygen atoms in total. The first-order valence-corrected chi connectivity index (χ1v) is 7.75. The molecule has 1 saturated heterocycles. The fraction of sp³-hybridized carbons (Fsp3) is 0.438. The zero-order chi connectivity index (χ0) is 14.7. The van der Waals surface area contributed by atoms with Gasteiger partial charge in [-0.3, -0.25) is 4.79 Å². The maximum absolute atomic E-state index is 12.1. The van der Waals surface area contributed by atoms with Crippen molar-refractivity contribution in [2.45, 2.75) is 19.3 Å². The van der Waals surface area contributed by atoms with Gasteiger partial charge in [0.15, 0.2) is 0 Å². The topological polar surface area (TPSA) is 54.1 Å². The molecule has 21 heavy (non-hydrogen) atoms. The highest BCUT2D eigenvalue weighted by molar-refractivity contribution is 6.35. The van der Waals surface area contributed by atoms with Crippen LogP contribution in [-0.2, 0) is 4.74 Å². The second kappa shape index (κ2) is 6.50. The van der Waals surface area contributed by atoms with Crippen molar-refractivity contribution < 1.29 is 9.53 Å². The van der Waals surface area contributed by atoms with Crippen LogP contribution in [0.4, 0.5) is 0 Å². The number of benzene rings is 1. The summed E-state index contributed by atoms with van der Waals surface area (Å²) in [4.78, 5) is 15.2. The molecule has 0 spiro atoms. The first kappa shape index (κ1) is 14.4. The SMILES string of the molecule is O=C(NCCC[C@@H]1CCOC1)c1cc2c(Cl)cccc2[nH]1. The highest BCUT2D eigenvalue weighted by atomic mass is 35.5. The summed E-state index contributed by atoms with van der Waals surface area (Å²) >= 11 is 6.11. The summed E-state index contributed by atoms with van der Waals surface area (Å²) < 4.78 is 5.34. The predicted molar refractivity (Wildman–Crippen MR) is 83.8 cm³/mol. The van der Waals surface area contributed by atoms with E-state index in [1.54, 1.807) is 6.07 Å². The van der Waals surface area contributed by atoms with Crippen molar-refractivity contribution >= 4 is 28.4 Å². The molecule has 0 radical (unpaired) electrons. The third-order valence-electron chi connectivity index (χ3n) is 3.95. The number of carbonyl (C=O) groups excluding carboxylic acids is 1. The van der Waals surface area contributed by atoms with Crippen molar-refractivity contribution in [2.75, 3.05) is 19.8 Å². The quantitative estimate of drug-likeness (QED) is 0.832. The number of hydrogen-bond donors (Lipinski definition) is 2. The van der Waals surface area contributed by atoms with Crippen LogP contribution >= 0.6 is 11.6 Å². The fourth-order valence-electron chi connectivity index (χ4n) is 2.74. The Morgan fingerprint density at radius 1 is 1.48 bits per heavy atom. The van der Waals surface area contributed by atoms with E-state index in [0.29, 0.717) is 23.2 Å². The molecule has 2 heterocycles. The van der Waals surface area contributed by atoms with Crippen molar-refractivity contribution in [3.05, 3.63) is 35.0 Å². The Morgan fingerprint density at radius 2 is 2.38 bits per heavy atom. The molecular formula is C16H19ClN2O2. The number of rotatable bonds is 5. The van der Waals surface area contributed by atoms with Gasteiger partial charge in [-0.25, -0.2) is 0 Å². The molecule has 2 N–H and O–H groups in total. The Bertz CT molecular complexity index is 632. The Hall–Kier alpha value is -1.52. The summed E-state index contributed by atoms with van der Waals surface area (Å²) in [6.45, 7) is 2.44. The van der Waals surface area contributed by atoms with Crippen LogP contribution in [0.5, 0.6) is 0 Å². The molecule has 2 aromatic rings. The van der Waals surface area contributed by atoms with Crippen LogP contribution < -0.4 is 5.32 Å². The van der Waals surface area contributed by atoms with E-state index in [4.69, 9.17) is 16.3 Å². The zero-order valence-corrected chi connectivity index (χ0v) is 12.6. The van der Waals surface area contributed by atoms with E-state index in [1.165, 1.54) is 0 Å². The molecule has 1 aromatic heterocycles. The van der Waals surface area contributed by atoms with Gasteiger partial charge in [0.1, 0.15) is 5.69 Å². The van der Waals surface area contributed by atoms with E-state index in [2.05, 4.69) is 10.3 Å². The first-order chi connectivity index (χ1) is 10.2. The van der Waals surface area contributed by atoms with E-state index >= 15 is 0 Å². The van der Waals surface area contributed by atoms with E-state index in [-0.39, 0.29) is 5.91 Å². The molecule has 0 aliphatic carbocycles. The van der Waals surface area contributed by atoms with E-state index in [9.17, 15) is 4.79 Å². The highest BCUT2D eigenvalue weighted by Crippen LogP contribution is 2.24. The summed E-state index contributed by atoms with van der Waals surface area (Å²) in [5.41, 5.74) is 1.44. The Kier molecular flexibility index (Phi) is 4.46. The molecular weight excluding hydrogens is 288 g/mol. The third kappa shape index (κ3) is 3.39. The number of halogens is 1. The number of carbonyl (C=O) groups is 1. The van der Waals surface area contributed by atoms with Gasteiger partial charge in [0.25, 0.3) is 5.91 Å². The number of aromatic amines is 1. The normalized spacial score (nSPS) is 18.2. The molecule has 112 valence electrons. The van der Waals surface area contributed by atoms with Crippen LogP contribution in [-0.4, -0.2) is 30.6 Å². The summed E-state index contributed by atoms with van der Waals surface area (Å²) in [6, 6.07) is 7.41. The molecule has 0 bridgehead atoms. The molecule has 0 unspecified atom stereocenters. The predicted octanol–water partition coefficient (Wildman–Crippen LogP) is 3.37. The molecule has 0 saturated carbocycles. The van der Waals surface area contributed by atoms with Gasteiger partial charge in [0.2, 0.25) is 0 Å². The Morgan fingerprint density at radius 3 is 3.14 bits per heavy atom. The average molecular weight is 307 g/mol. The molecule has 5 heteroatoms. The van der Waals surface area contributed by atoms with Crippen molar-refractivity contribution in [1.29, 1.82) is 0 Å². The van der Waals surface area contributed by atoms with Gasteiger partial charge >= 0.3 is 0 Å². The summed E-state index contributed by atoms with van der Waals surface area (Å²) in [6.07, 6.45) is 3.24. The zero-order valence-electron chi connectivity index (χ0n) is 11.8. The van der Waals surface area contributed by atoms with Gasteiger partial charge in [-0.1, -0.05) is 17.7 Å².